The lowest BCUT2D eigenvalue weighted by molar-refractivity contribution is -0.130. The van der Waals surface area contributed by atoms with E-state index in [9.17, 15) is 47.3 Å². The van der Waals surface area contributed by atoms with E-state index in [1.807, 2.05) is 36.4 Å². The number of alkyl carbamates (subject to hydrolysis) is 1. The number of phenols is 1. The smallest absolute Gasteiger partial charge is 0.416 e. The quantitative estimate of drug-likeness (QED) is 0.0435. The van der Waals surface area contributed by atoms with Crippen molar-refractivity contribution < 1.29 is 52.0 Å². The summed E-state index contributed by atoms with van der Waals surface area (Å²) >= 11 is 0. The minimum atomic E-state index is -4.48. The number of unbranched alkanes of at least 4 members (excludes halogenated alkanes) is 1. The lowest BCUT2D eigenvalue weighted by Gasteiger charge is -2.34. The molecule has 1 aliphatic carbocycles. The van der Waals surface area contributed by atoms with Gasteiger partial charge in [0, 0.05) is 36.8 Å². The van der Waals surface area contributed by atoms with Crippen LogP contribution >= 0.6 is 7.37 Å². The molecule has 1 aliphatic rings. The van der Waals surface area contributed by atoms with Crippen molar-refractivity contribution in [2.75, 3.05) is 19.0 Å². The molecule has 16 nitrogen and oxygen atoms in total. The van der Waals surface area contributed by atoms with Crippen LogP contribution in [0.25, 0.3) is 10.9 Å². The van der Waals surface area contributed by atoms with Crippen LogP contribution in [0, 0.1) is 5.41 Å². The third-order valence-electron chi connectivity index (χ3n) is 10.7. The molecule has 1 aromatic heterocycles. The summed E-state index contributed by atoms with van der Waals surface area (Å²) in [6.45, 7) is 2.05. The normalized spacial score (nSPS) is 16.2. The van der Waals surface area contributed by atoms with Crippen molar-refractivity contribution in [3.8, 4) is 5.75 Å². The Morgan fingerprint density at radius 3 is 2.23 bits per heavy atom. The Balaban J connectivity index is 1.28. The van der Waals surface area contributed by atoms with E-state index in [0.29, 0.717) is 55.2 Å². The van der Waals surface area contributed by atoms with E-state index in [1.54, 1.807) is 37.3 Å². The zero-order valence-electron chi connectivity index (χ0n) is 33.7. The van der Waals surface area contributed by atoms with Gasteiger partial charge in [0.2, 0.25) is 29.2 Å². The molecule has 1 unspecified atom stereocenters. The summed E-state index contributed by atoms with van der Waals surface area (Å²) in [4.78, 5) is 64.1. The maximum atomic E-state index is 14.7. The molecule has 5 rings (SSSR count). The molecule has 3 amide bonds. The van der Waals surface area contributed by atoms with Crippen LogP contribution in [0.3, 0.4) is 0 Å². The maximum absolute atomic E-state index is 14.7. The molecule has 60 heavy (non-hydrogen) atoms. The fraction of sp³-hybridized carbons (Fsp3) is 0.429. The fourth-order valence-electron chi connectivity index (χ4n) is 7.74. The largest absolute Gasteiger partial charge is 0.508 e. The number of rotatable bonds is 20. The van der Waals surface area contributed by atoms with Crippen molar-refractivity contribution >= 4 is 52.3 Å². The molecule has 1 heterocycles. The van der Waals surface area contributed by atoms with Gasteiger partial charge in [-0.15, -0.1) is 0 Å². The number of fused-ring (bicyclic) bond motifs is 1. The number of sulfonamides is 1. The Morgan fingerprint density at radius 1 is 0.900 bits per heavy atom. The number of phenolic OH excluding ortho intramolecular Hbond substituents is 1. The first-order chi connectivity index (χ1) is 28.4. The Kier molecular flexibility index (Phi) is 15.6. The maximum Gasteiger partial charge on any atom is 0.416 e. The molecule has 3 aromatic carbocycles. The number of hydrogen-bond acceptors (Lipinski definition) is 9. The summed E-state index contributed by atoms with van der Waals surface area (Å²) in [6.07, 6.45) is 2.85. The molecule has 4 atom stereocenters. The zero-order valence-corrected chi connectivity index (χ0v) is 35.4. The van der Waals surface area contributed by atoms with Crippen LogP contribution in [0.5, 0.6) is 5.75 Å². The third kappa shape index (κ3) is 12.9. The van der Waals surface area contributed by atoms with Crippen molar-refractivity contribution in [3.63, 3.8) is 0 Å². The number of hydrogen-bond donors (Lipinski definition) is 7. The Bertz CT molecular complexity index is 2280. The topological polar surface area (TPSA) is 242 Å². The minimum Gasteiger partial charge on any atom is -0.508 e. The average molecular weight is 868 g/mol. The molecule has 1 fully saturated rings. The molecule has 0 radical (unpaired) electrons. The Labute approximate surface area is 349 Å². The molecular weight excluding hydrogens is 814 g/mol. The SMILES string of the molecule is C[C@@H](Cc1cn(C(=O)O)c2ccccc12)NC(=O)C1(CP(=O)(O)[C@H](Cc2ccc(O)cc2)NC(=O)[C@H](CCCCNC(=O)OCc2ccccc2)NS(C)(=O)=O)CCCC1. The summed E-state index contributed by atoms with van der Waals surface area (Å²) in [5, 5.41) is 28.6. The van der Waals surface area contributed by atoms with Gasteiger partial charge in [-0.2, -0.15) is 0 Å². The van der Waals surface area contributed by atoms with E-state index in [2.05, 4.69) is 20.7 Å². The van der Waals surface area contributed by atoms with Gasteiger partial charge < -0.3 is 35.8 Å². The summed E-state index contributed by atoms with van der Waals surface area (Å²) in [7, 11) is -8.41. The number of para-hydroxylation sites is 1. The summed E-state index contributed by atoms with van der Waals surface area (Å²) in [6, 6.07) is 20.2. The number of nitrogens with zero attached hydrogens (tertiary/aromatic N) is 1. The van der Waals surface area contributed by atoms with Crippen LogP contribution in [0.15, 0.2) is 85.1 Å². The van der Waals surface area contributed by atoms with Gasteiger partial charge in [0.25, 0.3) is 0 Å². The highest BCUT2D eigenvalue weighted by Gasteiger charge is 2.49. The van der Waals surface area contributed by atoms with Gasteiger partial charge in [0.1, 0.15) is 24.2 Å². The van der Waals surface area contributed by atoms with Gasteiger partial charge in [-0.3, -0.25) is 18.7 Å². The molecule has 7 N–H and O–H groups in total. The number of aromatic hydroxyl groups is 1. The fourth-order valence-corrected chi connectivity index (χ4v) is 10.9. The predicted molar refractivity (Wildman–Crippen MR) is 226 cm³/mol. The molecule has 0 saturated heterocycles. The lowest BCUT2D eigenvalue weighted by atomic mass is 9.87. The van der Waals surface area contributed by atoms with Crippen molar-refractivity contribution in [2.45, 2.75) is 89.2 Å². The molecule has 18 heteroatoms. The van der Waals surface area contributed by atoms with Crippen LogP contribution in [-0.2, 0) is 48.4 Å². The van der Waals surface area contributed by atoms with Crippen LogP contribution in [0.2, 0.25) is 0 Å². The predicted octanol–water partition coefficient (Wildman–Crippen LogP) is 5.45. The van der Waals surface area contributed by atoms with Crippen molar-refractivity contribution in [3.05, 3.63) is 102 Å². The van der Waals surface area contributed by atoms with Crippen LogP contribution in [0.4, 0.5) is 9.59 Å². The van der Waals surface area contributed by atoms with Gasteiger partial charge in [-0.05, 0) is 80.3 Å². The van der Waals surface area contributed by atoms with E-state index >= 15 is 0 Å². The van der Waals surface area contributed by atoms with E-state index < -0.39 is 70.8 Å². The zero-order chi connectivity index (χ0) is 43.5. The summed E-state index contributed by atoms with van der Waals surface area (Å²) in [5.74, 6) is -2.74. The van der Waals surface area contributed by atoms with Gasteiger partial charge in [0.05, 0.1) is 17.2 Å². The van der Waals surface area contributed by atoms with Gasteiger partial charge in [-0.1, -0.05) is 73.5 Å². The van der Waals surface area contributed by atoms with Crippen molar-refractivity contribution in [1.29, 1.82) is 0 Å². The molecule has 324 valence electrons. The van der Waals surface area contributed by atoms with E-state index in [-0.39, 0.29) is 38.2 Å². The second kappa shape index (κ2) is 20.4. The number of nitrogens with one attached hydrogen (secondary N) is 4. The highest BCUT2D eigenvalue weighted by Crippen LogP contribution is 2.55. The molecular formula is C42H54N5O11PS. The van der Waals surface area contributed by atoms with Crippen LogP contribution < -0.4 is 20.7 Å². The highest BCUT2D eigenvalue weighted by atomic mass is 32.2. The highest BCUT2D eigenvalue weighted by molar-refractivity contribution is 7.88. The first-order valence-corrected chi connectivity index (χ1v) is 23.7. The first kappa shape index (κ1) is 45.9. The summed E-state index contributed by atoms with van der Waals surface area (Å²) in [5.41, 5.74) is 1.28. The first-order valence-electron chi connectivity index (χ1n) is 19.9. The van der Waals surface area contributed by atoms with E-state index in [1.165, 1.54) is 18.3 Å². The summed E-state index contributed by atoms with van der Waals surface area (Å²) < 4.78 is 48.1. The van der Waals surface area contributed by atoms with Crippen LogP contribution in [0.1, 0.15) is 68.6 Å². The second-order valence-electron chi connectivity index (χ2n) is 15.6. The number of benzene rings is 3. The minimum absolute atomic E-state index is 0.00330. The number of carboxylic acid groups (broad SMARTS) is 1. The number of carbonyl (C=O) groups is 4. The molecule has 0 spiro atoms. The Morgan fingerprint density at radius 2 is 1.57 bits per heavy atom. The number of ether oxygens (including phenoxy) is 1. The second-order valence-corrected chi connectivity index (χ2v) is 19.9. The standard InChI is InChI=1S/C42H54N5O11PS/c1-29(24-32-26-47(41(52)53)36-16-7-6-14-34(32)36)44-39(50)42(21-9-10-22-42)28-59(54,55)37(25-30-17-19-33(48)20-18-30)45-38(49)35(46-60(2,56)57)15-8-11-23-43-40(51)58-27-31-12-4-3-5-13-31/h3-7,12-14,16-20,26,29,35,37,46,48H,8-11,15,21-25,27-28H2,1-2H3,(H,43,51)(H,44,50)(H,45,49)(H,52,53)(H,54,55)/t29-,35-,37+/m0/s1. The molecule has 0 aliphatic heterocycles. The number of amides is 3. The van der Waals surface area contributed by atoms with Gasteiger partial charge >= 0.3 is 12.2 Å². The van der Waals surface area contributed by atoms with Crippen LogP contribution in [-0.4, -0.2) is 88.9 Å². The number of carbonyl (C=O) groups excluding carboxylic acids is 3. The van der Waals surface area contributed by atoms with Crippen molar-refractivity contribution in [1.82, 2.24) is 25.2 Å². The monoisotopic (exact) mass is 867 g/mol. The molecule has 4 aromatic rings. The average Bonchev–Trinajstić information content (AvgIpc) is 3.82. The van der Waals surface area contributed by atoms with E-state index in [0.717, 1.165) is 21.8 Å². The molecule has 1 saturated carbocycles. The van der Waals surface area contributed by atoms with Crippen molar-refractivity contribution in [2.24, 2.45) is 5.41 Å². The molecule has 0 bridgehead atoms. The van der Waals surface area contributed by atoms with Gasteiger partial charge in [0.15, 0.2) is 0 Å². The number of aromatic nitrogens is 1. The third-order valence-corrected chi connectivity index (χ3v) is 13.8. The van der Waals surface area contributed by atoms with Gasteiger partial charge in [-0.25, -0.2) is 22.7 Å². The lowest BCUT2D eigenvalue weighted by Crippen LogP contribution is -2.51. The Hall–Kier alpha value is -5.22. The van der Waals surface area contributed by atoms with E-state index in [4.69, 9.17) is 4.74 Å².